The average molecular weight is 418 g/mol. The van der Waals surface area contributed by atoms with Gasteiger partial charge in [-0.25, -0.2) is 4.98 Å². The van der Waals surface area contributed by atoms with Gasteiger partial charge in [-0.15, -0.1) is 11.3 Å². The van der Waals surface area contributed by atoms with Crippen molar-refractivity contribution in [2.45, 2.75) is 18.9 Å². The Labute approximate surface area is 179 Å². The number of amides is 1. The molecule has 7 heteroatoms. The molecule has 1 amide bonds. The van der Waals surface area contributed by atoms with Gasteiger partial charge < -0.3 is 9.80 Å². The van der Waals surface area contributed by atoms with Crippen LogP contribution in [-0.2, 0) is 0 Å². The van der Waals surface area contributed by atoms with Crippen molar-refractivity contribution in [2.24, 2.45) is 0 Å². The van der Waals surface area contributed by atoms with Crippen molar-refractivity contribution in [3.8, 4) is 5.69 Å². The maximum Gasteiger partial charge on any atom is 0.264 e. The minimum Gasteiger partial charge on any atom is -0.348 e. The highest BCUT2D eigenvalue weighted by atomic mass is 32.1. The molecule has 152 valence electrons. The fourth-order valence-corrected chi connectivity index (χ4v) is 5.23. The van der Waals surface area contributed by atoms with Crippen molar-refractivity contribution in [3.05, 3.63) is 71.4 Å². The zero-order valence-corrected chi connectivity index (χ0v) is 17.8. The molecule has 1 aromatic carbocycles. The molecule has 3 aromatic heterocycles. The molecule has 0 aliphatic carbocycles. The van der Waals surface area contributed by atoms with E-state index in [9.17, 15) is 4.79 Å². The molecule has 1 unspecified atom stereocenters. The van der Waals surface area contributed by atoms with E-state index in [0.29, 0.717) is 0 Å². The van der Waals surface area contributed by atoms with Gasteiger partial charge in [0.25, 0.3) is 5.91 Å². The lowest BCUT2D eigenvalue weighted by Gasteiger charge is -2.24. The first-order chi connectivity index (χ1) is 14.6. The third-order valence-electron chi connectivity index (χ3n) is 5.55. The highest BCUT2D eigenvalue weighted by Gasteiger charge is 2.32. The molecule has 0 radical (unpaired) electrons. The average Bonchev–Trinajstić information content (AvgIpc) is 3.48. The molecule has 1 saturated heterocycles. The molecule has 1 atom stereocenters. The summed E-state index contributed by atoms with van der Waals surface area (Å²) < 4.78 is 2.13. The quantitative estimate of drug-likeness (QED) is 0.490. The maximum atomic E-state index is 13.4. The lowest BCUT2D eigenvalue weighted by molar-refractivity contribution is 0.0740. The van der Waals surface area contributed by atoms with Crippen molar-refractivity contribution in [1.82, 2.24) is 19.4 Å². The van der Waals surface area contributed by atoms with Crippen LogP contribution >= 0.6 is 11.3 Å². The number of hydrogen-bond donors (Lipinski definition) is 0. The Hall–Kier alpha value is -3.19. The van der Waals surface area contributed by atoms with Crippen LogP contribution in [-0.4, -0.2) is 46.0 Å². The minimum absolute atomic E-state index is 0.0864. The Kier molecular flexibility index (Phi) is 4.75. The number of para-hydroxylation sites is 1. The summed E-state index contributed by atoms with van der Waals surface area (Å²) in [4.78, 5) is 28.1. The molecule has 1 fully saturated rings. The number of fused-ring (bicyclic) bond motifs is 1. The number of thiophene rings is 1. The summed E-state index contributed by atoms with van der Waals surface area (Å²) in [6.07, 6.45) is 5.60. The number of benzene rings is 1. The third-order valence-corrected chi connectivity index (χ3v) is 6.64. The smallest absolute Gasteiger partial charge is 0.264 e. The Morgan fingerprint density at radius 3 is 2.63 bits per heavy atom. The Bertz CT molecular complexity index is 1180. The van der Waals surface area contributed by atoms with Crippen LogP contribution in [0.4, 0.5) is 5.95 Å². The zero-order valence-electron chi connectivity index (χ0n) is 17.0. The normalized spacial score (nSPS) is 16.3. The van der Waals surface area contributed by atoms with Crippen molar-refractivity contribution in [3.63, 3.8) is 0 Å². The van der Waals surface area contributed by atoms with Crippen LogP contribution in [0.15, 0.2) is 60.9 Å². The fourth-order valence-electron chi connectivity index (χ4n) is 4.16. The van der Waals surface area contributed by atoms with Gasteiger partial charge in [0, 0.05) is 38.7 Å². The van der Waals surface area contributed by atoms with Crippen LogP contribution in [0.5, 0.6) is 0 Å². The van der Waals surface area contributed by atoms with Gasteiger partial charge in [0.1, 0.15) is 10.3 Å². The standard InChI is InChI=1S/C23H23N5OS/c1-26(2)23-25-18-15-20(30-22(18)28(23)17-7-4-3-5-8-17)21(29)27-14-6-9-19(27)16-10-12-24-13-11-16/h3-5,7-8,10-13,15,19H,6,9,14H2,1-2H3. The molecular weight excluding hydrogens is 394 g/mol. The molecule has 0 N–H and O–H groups in total. The van der Waals surface area contributed by atoms with Crippen LogP contribution < -0.4 is 4.90 Å². The summed E-state index contributed by atoms with van der Waals surface area (Å²) in [5.41, 5.74) is 3.05. The van der Waals surface area contributed by atoms with E-state index in [1.807, 2.05) is 60.3 Å². The number of rotatable bonds is 4. The first-order valence-corrected chi connectivity index (χ1v) is 10.9. The van der Waals surface area contributed by atoms with Crippen molar-refractivity contribution in [2.75, 3.05) is 25.5 Å². The highest BCUT2D eigenvalue weighted by molar-refractivity contribution is 7.20. The van der Waals surface area contributed by atoms with Gasteiger partial charge in [0.15, 0.2) is 0 Å². The summed E-state index contributed by atoms with van der Waals surface area (Å²) in [7, 11) is 3.97. The Morgan fingerprint density at radius 1 is 1.13 bits per heavy atom. The van der Waals surface area contributed by atoms with Gasteiger partial charge in [-0.05, 0) is 48.7 Å². The number of anilines is 1. The summed E-state index contributed by atoms with van der Waals surface area (Å²) in [5.74, 6) is 0.945. The molecule has 6 nitrogen and oxygen atoms in total. The second kappa shape index (κ2) is 7.57. The van der Waals surface area contributed by atoms with Crippen LogP contribution in [0.2, 0.25) is 0 Å². The van der Waals surface area contributed by atoms with E-state index in [2.05, 4.69) is 21.7 Å². The van der Waals surface area contributed by atoms with Gasteiger partial charge in [0.05, 0.1) is 10.9 Å². The van der Waals surface area contributed by atoms with Crippen LogP contribution in [0, 0.1) is 0 Å². The Balaban J connectivity index is 1.54. The molecule has 4 aromatic rings. The molecule has 1 aliphatic rings. The highest BCUT2D eigenvalue weighted by Crippen LogP contribution is 2.37. The van der Waals surface area contributed by atoms with E-state index >= 15 is 0 Å². The summed E-state index contributed by atoms with van der Waals surface area (Å²) >= 11 is 1.52. The van der Waals surface area contributed by atoms with Crippen molar-refractivity contribution >= 4 is 33.5 Å². The number of aromatic nitrogens is 3. The van der Waals surface area contributed by atoms with E-state index in [4.69, 9.17) is 4.98 Å². The zero-order chi connectivity index (χ0) is 20.7. The number of pyridine rings is 1. The van der Waals surface area contributed by atoms with Crippen LogP contribution in [0.25, 0.3) is 16.0 Å². The molecule has 4 heterocycles. The fraction of sp³-hybridized carbons (Fsp3) is 0.261. The first kappa shape index (κ1) is 18.8. The number of carbonyl (C=O) groups is 1. The molecule has 1 aliphatic heterocycles. The number of imidazole rings is 1. The van der Waals surface area contributed by atoms with Gasteiger partial charge in [-0.2, -0.15) is 0 Å². The largest absolute Gasteiger partial charge is 0.348 e. The predicted molar refractivity (Wildman–Crippen MR) is 121 cm³/mol. The molecule has 30 heavy (non-hydrogen) atoms. The summed E-state index contributed by atoms with van der Waals surface area (Å²) in [6, 6.07) is 16.2. The SMILES string of the molecule is CN(C)c1nc2cc(C(=O)N3CCCC3c3ccncc3)sc2n1-c1ccccc1. The predicted octanol–water partition coefficient (Wildman–Crippen LogP) is 4.53. The van der Waals surface area contributed by atoms with E-state index in [-0.39, 0.29) is 11.9 Å². The molecule has 0 saturated carbocycles. The molecular formula is C23H23N5OS. The summed E-state index contributed by atoms with van der Waals surface area (Å²) in [6.45, 7) is 0.781. The third kappa shape index (κ3) is 3.15. The lowest BCUT2D eigenvalue weighted by Crippen LogP contribution is -2.29. The minimum atomic E-state index is 0.0864. The van der Waals surface area contributed by atoms with E-state index in [0.717, 1.165) is 51.8 Å². The molecule has 0 bridgehead atoms. The monoisotopic (exact) mass is 417 g/mol. The van der Waals surface area contributed by atoms with E-state index < -0.39 is 0 Å². The van der Waals surface area contributed by atoms with Crippen LogP contribution in [0.3, 0.4) is 0 Å². The van der Waals surface area contributed by atoms with Crippen molar-refractivity contribution in [1.29, 1.82) is 0 Å². The number of hydrogen-bond acceptors (Lipinski definition) is 5. The van der Waals surface area contributed by atoms with Gasteiger partial charge >= 0.3 is 0 Å². The first-order valence-electron chi connectivity index (χ1n) is 10.1. The van der Waals surface area contributed by atoms with Gasteiger partial charge in [0.2, 0.25) is 5.95 Å². The second-order valence-electron chi connectivity index (χ2n) is 7.72. The van der Waals surface area contributed by atoms with E-state index in [1.165, 1.54) is 11.3 Å². The molecule has 5 rings (SSSR count). The number of nitrogens with zero attached hydrogens (tertiary/aromatic N) is 5. The van der Waals surface area contributed by atoms with Crippen molar-refractivity contribution < 1.29 is 4.79 Å². The van der Waals surface area contributed by atoms with Gasteiger partial charge in [-0.1, -0.05) is 18.2 Å². The Morgan fingerprint density at radius 2 is 1.90 bits per heavy atom. The lowest BCUT2D eigenvalue weighted by atomic mass is 10.1. The second-order valence-corrected chi connectivity index (χ2v) is 8.75. The van der Waals surface area contributed by atoms with E-state index in [1.54, 1.807) is 12.4 Å². The maximum absolute atomic E-state index is 13.4. The summed E-state index contributed by atoms with van der Waals surface area (Å²) in [5, 5.41) is 0. The molecule has 0 spiro atoms. The number of carbonyl (C=O) groups excluding carboxylic acids is 1. The van der Waals surface area contributed by atoms with Gasteiger partial charge in [-0.3, -0.25) is 14.3 Å². The topological polar surface area (TPSA) is 54.3 Å². The van der Waals surface area contributed by atoms with Crippen LogP contribution in [0.1, 0.15) is 34.1 Å². The number of likely N-dealkylation sites (tertiary alicyclic amines) is 1.